The third-order valence-corrected chi connectivity index (χ3v) is 5.22. The molecule has 3 aromatic heterocycles. The lowest BCUT2D eigenvalue weighted by Crippen LogP contribution is -2.15. The van der Waals surface area contributed by atoms with Crippen molar-refractivity contribution in [2.75, 3.05) is 0 Å². The summed E-state index contributed by atoms with van der Waals surface area (Å²) in [6, 6.07) is 9.40. The van der Waals surface area contributed by atoms with Gasteiger partial charge in [0.1, 0.15) is 11.6 Å². The molecule has 0 aliphatic heterocycles. The van der Waals surface area contributed by atoms with Crippen molar-refractivity contribution in [3.05, 3.63) is 63.2 Å². The molecular formula is C17H14N8OS. The minimum atomic E-state index is -0.272. The maximum Gasteiger partial charge on any atom is 0.272 e. The number of tetrazole rings is 1. The van der Waals surface area contributed by atoms with E-state index in [1.165, 1.54) is 28.5 Å². The van der Waals surface area contributed by atoms with Gasteiger partial charge in [0.25, 0.3) is 5.56 Å². The van der Waals surface area contributed by atoms with Crippen molar-refractivity contribution in [2.45, 2.75) is 24.8 Å². The minimum absolute atomic E-state index is 0.272. The number of nitrogens with zero attached hydrogens (tertiary/aromatic N) is 7. The second kappa shape index (κ2) is 6.69. The van der Waals surface area contributed by atoms with Gasteiger partial charge in [-0.15, -0.1) is 5.10 Å². The maximum absolute atomic E-state index is 12.2. The smallest absolute Gasteiger partial charge is 0.272 e. The lowest BCUT2D eigenvalue weighted by Gasteiger charge is -2.09. The van der Waals surface area contributed by atoms with E-state index in [9.17, 15) is 4.79 Å². The van der Waals surface area contributed by atoms with Gasteiger partial charge in [0.2, 0.25) is 5.16 Å². The molecule has 4 aromatic rings. The molecule has 0 amide bonds. The molecule has 1 aromatic carbocycles. The fourth-order valence-electron chi connectivity index (χ4n) is 2.71. The standard InChI is InChI=1S/C17H14N8OS/c1-10-4-3-5-14(11(10)2)24-17(21-22-23-24)27-9-13-6-15(26)25-16(20-13)12(7-18)8-19-25/h3-6,8,19H,9H2,1-2H3. The predicted octanol–water partition coefficient (Wildman–Crippen LogP) is 1.78. The zero-order valence-corrected chi connectivity index (χ0v) is 15.4. The number of thioether (sulfide) groups is 1. The van der Waals surface area contributed by atoms with Gasteiger partial charge in [-0.25, -0.2) is 9.50 Å². The van der Waals surface area contributed by atoms with Crippen LogP contribution in [0.25, 0.3) is 11.3 Å². The first-order valence-electron chi connectivity index (χ1n) is 8.06. The van der Waals surface area contributed by atoms with Crippen LogP contribution in [0.3, 0.4) is 0 Å². The number of rotatable bonds is 4. The molecule has 0 spiro atoms. The van der Waals surface area contributed by atoms with E-state index in [-0.39, 0.29) is 5.56 Å². The second-order valence-corrected chi connectivity index (χ2v) is 6.87. The third kappa shape index (κ3) is 2.98. The Hall–Kier alpha value is -3.45. The SMILES string of the molecule is Cc1cccc(-n2nnnc2SCc2cc(=O)n3[nH]cc(C#N)c3n2)c1C. The Morgan fingerprint density at radius 3 is 3.00 bits per heavy atom. The molecule has 0 fully saturated rings. The normalized spacial score (nSPS) is 11.0. The van der Waals surface area contributed by atoms with E-state index in [2.05, 4.69) is 25.6 Å². The number of fused-ring (bicyclic) bond motifs is 1. The Kier molecular flexibility index (Phi) is 4.21. The van der Waals surface area contributed by atoms with Crippen LogP contribution in [-0.2, 0) is 5.75 Å². The van der Waals surface area contributed by atoms with Gasteiger partial charge in [-0.3, -0.25) is 9.89 Å². The van der Waals surface area contributed by atoms with Crippen molar-refractivity contribution in [1.29, 1.82) is 5.26 Å². The van der Waals surface area contributed by atoms with E-state index in [1.807, 2.05) is 38.1 Å². The number of H-pyrrole nitrogens is 1. The molecule has 134 valence electrons. The summed E-state index contributed by atoms with van der Waals surface area (Å²) >= 11 is 1.37. The van der Waals surface area contributed by atoms with Gasteiger partial charge in [0, 0.05) is 18.0 Å². The fraction of sp³-hybridized carbons (Fsp3) is 0.176. The summed E-state index contributed by atoms with van der Waals surface area (Å²) in [4.78, 5) is 16.6. The lowest BCUT2D eigenvalue weighted by atomic mass is 10.1. The maximum atomic E-state index is 12.2. The van der Waals surface area contributed by atoms with Crippen LogP contribution in [0.4, 0.5) is 0 Å². The van der Waals surface area contributed by atoms with E-state index < -0.39 is 0 Å². The average Bonchev–Trinajstić information content (AvgIpc) is 3.29. The summed E-state index contributed by atoms with van der Waals surface area (Å²) < 4.78 is 2.92. The zero-order chi connectivity index (χ0) is 19.0. The number of hydrogen-bond acceptors (Lipinski definition) is 7. The highest BCUT2D eigenvalue weighted by Crippen LogP contribution is 2.24. The van der Waals surface area contributed by atoms with Crippen molar-refractivity contribution in [3.63, 3.8) is 0 Å². The first kappa shape index (κ1) is 17.0. The molecule has 0 aliphatic carbocycles. The highest BCUT2D eigenvalue weighted by atomic mass is 32.2. The predicted molar refractivity (Wildman–Crippen MR) is 98.7 cm³/mol. The Morgan fingerprint density at radius 2 is 2.19 bits per heavy atom. The van der Waals surface area contributed by atoms with Crippen molar-refractivity contribution in [2.24, 2.45) is 0 Å². The largest absolute Gasteiger partial charge is 0.295 e. The number of aryl methyl sites for hydroxylation is 1. The van der Waals surface area contributed by atoms with Gasteiger partial charge in [0.05, 0.1) is 11.4 Å². The number of benzene rings is 1. The first-order valence-corrected chi connectivity index (χ1v) is 9.05. The molecule has 0 radical (unpaired) electrons. The quantitative estimate of drug-likeness (QED) is 0.538. The highest BCUT2D eigenvalue weighted by Gasteiger charge is 2.14. The van der Waals surface area contributed by atoms with E-state index in [4.69, 9.17) is 5.26 Å². The van der Waals surface area contributed by atoms with Crippen LogP contribution in [-0.4, -0.2) is 34.8 Å². The van der Waals surface area contributed by atoms with Gasteiger partial charge in [0.15, 0.2) is 5.65 Å². The topological polar surface area (TPSA) is 118 Å². The summed E-state index contributed by atoms with van der Waals surface area (Å²) in [6.07, 6.45) is 1.46. The first-order chi connectivity index (χ1) is 13.1. The number of nitrogens with one attached hydrogen (secondary N) is 1. The van der Waals surface area contributed by atoms with Crippen molar-refractivity contribution >= 4 is 17.4 Å². The molecule has 0 saturated heterocycles. The van der Waals surface area contributed by atoms with Crippen LogP contribution in [0.15, 0.2) is 40.4 Å². The molecule has 0 saturated carbocycles. The Bertz CT molecular complexity index is 1250. The van der Waals surface area contributed by atoms with Crippen molar-refractivity contribution in [1.82, 2.24) is 34.8 Å². The van der Waals surface area contributed by atoms with Gasteiger partial charge in [-0.05, 0) is 41.5 Å². The van der Waals surface area contributed by atoms with E-state index in [0.29, 0.717) is 27.8 Å². The third-order valence-electron chi connectivity index (χ3n) is 4.27. The number of hydrogen-bond donors (Lipinski definition) is 1. The number of nitriles is 1. The van der Waals surface area contributed by atoms with Gasteiger partial charge >= 0.3 is 0 Å². The van der Waals surface area contributed by atoms with E-state index >= 15 is 0 Å². The highest BCUT2D eigenvalue weighted by molar-refractivity contribution is 7.98. The molecule has 10 heteroatoms. The van der Waals surface area contributed by atoms with Crippen LogP contribution in [0.5, 0.6) is 0 Å². The molecular weight excluding hydrogens is 364 g/mol. The van der Waals surface area contributed by atoms with Crippen LogP contribution < -0.4 is 5.56 Å². The van der Waals surface area contributed by atoms with Gasteiger partial charge in [-0.1, -0.05) is 23.9 Å². The molecule has 27 heavy (non-hydrogen) atoms. The molecule has 4 rings (SSSR count). The molecule has 9 nitrogen and oxygen atoms in total. The summed E-state index contributed by atoms with van der Waals surface area (Å²) in [7, 11) is 0. The Balaban J connectivity index is 1.65. The molecule has 0 unspecified atom stereocenters. The Morgan fingerprint density at radius 1 is 1.33 bits per heavy atom. The monoisotopic (exact) mass is 378 g/mol. The molecule has 0 atom stereocenters. The van der Waals surface area contributed by atoms with E-state index in [1.54, 1.807) is 4.68 Å². The van der Waals surface area contributed by atoms with Crippen LogP contribution >= 0.6 is 11.8 Å². The zero-order valence-electron chi connectivity index (χ0n) is 14.5. The minimum Gasteiger partial charge on any atom is -0.295 e. The lowest BCUT2D eigenvalue weighted by molar-refractivity contribution is 0.750. The van der Waals surface area contributed by atoms with Gasteiger partial charge < -0.3 is 0 Å². The summed E-state index contributed by atoms with van der Waals surface area (Å²) in [5.74, 6) is 0.396. The summed E-state index contributed by atoms with van der Waals surface area (Å²) in [5.41, 5.74) is 4.06. The fourth-order valence-corrected chi connectivity index (χ4v) is 3.48. The molecule has 3 heterocycles. The van der Waals surface area contributed by atoms with Crippen LogP contribution in [0.1, 0.15) is 22.4 Å². The Labute approximate surface area is 157 Å². The average molecular weight is 378 g/mol. The molecule has 1 N–H and O–H groups in total. The number of aromatic nitrogens is 7. The van der Waals surface area contributed by atoms with Crippen LogP contribution in [0, 0.1) is 25.2 Å². The van der Waals surface area contributed by atoms with Crippen molar-refractivity contribution in [3.8, 4) is 11.8 Å². The number of aromatic amines is 1. The van der Waals surface area contributed by atoms with Crippen molar-refractivity contribution < 1.29 is 0 Å². The molecule has 0 aliphatic rings. The summed E-state index contributed by atoms with van der Waals surface area (Å²) in [6.45, 7) is 4.05. The van der Waals surface area contributed by atoms with Gasteiger partial charge in [-0.2, -0.15) is 9.94 Å². The van der Waals surface area contributed by atoms with Crippen LogP contribution in [0.2, 0.25) is 0 Å². The summed E-state index contributed by atoms with van der Waals surface area (Å²) in [5, 5.41) is 24.4. The van der Waals surface area contributed by atoms with E-state index in [0.717, 1.165) is 16.8 Å². The molecule has 0 bridgehead atoms. The second-order valence-electron chi connectivity index (χ2n) is 5.92.